The van der Waals surface area contributed by atoms with Gasteiger partial charge in [-0.25, -0.2) is 0 Å². The molecule has 4 saturated carbocycles. The second-order valence-corrected chi connectivity index (χ2v) is 9.72. The van der Waals surface area contributed by atoms with Gasteiger partial charge in [0.05, 0.1) is 11.0 Å². The van der Waals surface area contributed by atoms with E-state index in [9.17, 15) is 14.7 Å². The maximum atomic E-state index is 12.5. The molecule has 4 aliphatic carbocycles. The fourth-order valence-electron chi connectivity index (χ4n) is 7.29. The summed E-state index contributed by atoms with van der Waals surface area (Å²) in [6, 6.07) is 0. The van der Waals surface area contributed by atoms with E-state index in [0.717, 1.165) is 44.9 Å². The van der Waals surface area contributed by atoms with E-state index in [4.69, 9.17) is 4.74 Å². The van der Waals surface area contributed by atoms with E-state index in [-0.39, 0.29) is 29.2 Å². The highest BCUT2D eigenvalue weighted by Gasteiger charge is 2.67. The third-order valence-electron chi connectivity index (χ3n) is 8.85. The minimum Gasteiger partial charge on any atom is -0.463 e. The van der Waals surface area contributed by atoms with Gasteiger partial charge in [-0.15, -0.1) is 0 Å². The fraction of sp³-hybridized carbons (Fsp3) is 0.905. The van der Waals surface area contributed by atoms with Crippen molar-refractivity contribution >= 4 is 11.8 Å². The highest BCUT2D eigenvalue weighted by molar-refractivity contribution is 5.88. The molecule has 1 N–H and O–H groups in total. The first kappa shape index (κ1) is 17.5. The van der Waals surface area contributed by atoms with Crippen molar-refractivity contribution < 1.29 is 19.4 Å². The first-order chi connectivity index (χ1) is 11.7. The molecule has 4 fully saturated rings. The molecule has 4 nitrogen and oxygen atoms in total. The first-order valence-electron chi connectivity index (χ1n) is 10.1. The Hall–Kier alpha value is -0.900. The van der Waals surface area contributed by atoms with Gasteiger partial charge < -0.3 is 9.84 Å². The summed E-state index contributed by atoms with van der Waals surface area (Å²) in [5.74, 6) is 1.42. The molecular weight excluding hydrogens is 316 g/mol. The number of ether oxygens (including phenoxy) is 1. The third-order valence-corrected chi connectivity index (χ3v) is 8.85. The monoisotopic (exact) mass is 348 g/mol. The molecule has 0 spiro atoms. The zero-order valence-corrected chi connectivity index (χ0v) is 15.8. The largest absolute Gasteiger partial charge is 0.463 e. The maximum Gasteiger partial charge on any atom is 0.302 e. The second kappa shape index (κ2) is 5.55. The van der Waals surface area contributed by atoms with Crippen LogP contribution in [0.4, 0.5) is 0 Å². The number of fused-ring (bicyclic) bond motifs is 5. The van der Waals surface area contributed by atoms with Crippen molar-refractivity contribution in [2.75, 3.05) is 0 Å². The number of hydrogen-bond donors (Lipinski definition) is 1. The van der Waals surface area contributed by atoms with Crippen LogP contribution in [0.25, 0.3) is 0 Å². The van der Waals surface area contributed by atoms with E-state index in [1.54, 1.807) is 0 Å². The quantitative estimate of drug-likeness (QED) is 0.735. The van der Waals surface area contributed by atoms with Crippen LogP contribution in [0.2, 0.25) is 0 Å². The molecule has 0 unspecified atom stereocenters. The first-order valence-corrected chi connectivity index (χ1v) is 10.1. The topological polar surface area (TPSA) is 63.6 Å². The van der Waals surface area contributed by atoms with Gasteiger partial charge in [0, 0.05) is 13.3 Å². The molecule has 25 heavy (non-hydrogen) atoms. The Morgan fingerprint density at radius 2 is 1.84 bits per heavy atom. The van der Waals surface area contributed by atoms with Crippen molar-refractivity contribution in [2.24, 2.45) is 28.6 Å². The molecule has 0 saturated heterocycles. The van der Waals surface area contributed by atoms with E-state index < -0.39 is 11.0 Å². The lowest BCUT2D eigenvalue weighted by molar-refractivity contribution is -0.203. The van der Waals surface area contributed by atoms with Crippen LogP contribution >= 0.6 is 0 Å². The zero-order chi connectivity index (χ0) is 18.0. The molecule has 0 bridgehead atoms. The summed E-state index contributed by atoms with van der Waals surface area (Å²) in [4.78, 5) is 23.8. The Morgan fingerprint density at radius 3 is 2.56 bits per heavy atom. The molecule has 140 valence electrons. The van der Waals surface area contributed by atoms with Crippen LogP contribution in [-0.4, -0.2) is 28.6 Å². The predicted molar refractivity (Wildman–Crippen MR) is 93.7 cm³/mol. The summed E-state index contributed by atoms with van der Waals surface area (Å²) in [5, 5.41) is 11.6. The molecule has 4 rings (SSSR count). The summed E-state index contributed by atoms with van der Waals surface area (Å²) in [6.07, 6.45) is 8.22. The van der Waals surface area contributed by atoms with Crippen LogP contribution in [-0.2, 0) is 14.3 Å². The normalized spacial score (nSPS) is 52.1. The minimum absolute atomic E-state index is 0.0668. The predicted octanol–water partition coefficient (Wildman–Crippen LogP) is 3.64. The molecule has 0 aromatic carbocycles. The lowest BCUT2D eigenvalue weighted by Gasteiger charge is -2.62. The van der Waals surface area contributed by atoms with E-state index in [1.165, 1.54) is 6.92 Å². The highest BCUT2D eigenvalue weighted by Crippen LogP contribution is 2.66. The van der Waals surface area contributed by atoms with Gasteiger partial charge in [0.15, 0.2) is 0 Å². The van der Waals surface area contributed by atoms with Crippen molar-refractivity contribution in [1.29, 1.82) is 0 Å². The van der Waals surface area contributed by atoms with Crippen LogP contribution in [0, 0.1) is 28.6 Å². The summed E-state index contributed by atoms with van der Waals surface area (Å²) >= 11 is 0. The summed E-state index contributed by atoms with van der Waals surface area (Å²) in [5.41, 5.74) is -1.11. The van der Waals surface area contributed by atoms with E-state index in [1.807, 2.05) is 6.92 Å². The molecule has 0 heterocycles. The van der Waals surface area contributed by atoms with Crippen molar-refractivity contribution in [3.05, 3.63) is 0 Å². The van der Waals surface area contributed by atoms with Gasteiger partial charge in [-0.05, 0) is 81.5 Å². The molecule has 7 atom stereocenters. The van der Waals surface area contributed by atoms with Crippen molar-refractivity contribution in [3.8, 4) is 0 Å². The summed E-state index contributed by atoms with van der Waals surface area (Å²) < 4.78 is 5.51. The van der Waals surface area contributed by atoms with Crippen molar-refractivity contribution in [3.63, 3.8) is 0 Å². The number of Topliss-reactive ketones (excluding diaryl/α,β-unsaturated/α-hetero) is 1. The molecule has 4 aliphatic rings. The lowest BCUT2D eigenvalue weighted by atomic mass is 9.44. The smallest absolute Gasteiger partial charge is 0.302 e. The number of esters is 1. The molecule has 0 aromatic rings. The molecule has 4 heteroatoms. The minimum atomic E-state index is -0.798. The highest BCUT2D eigenvalue weighted by atomic mass is 16.5. The Kier molecular flexibility index (Phi) is 3.89. The molecular formula is C21H32O4. The van der Waals surface area contributed by atoms with Crippen LogP contribution < -0.4 is 0 Å². The van der Waals surface area contributed by atoms with Gasteiger partial charge in [0.25, 0.3) is 0 Å². The van der Waals surface area contributed by atoms with Crippen LogP contribution in [0.15, 0.2) is 0 Å². The Morgan fingerprint density at radius 1 is 1.08 bits per heavy atom. The molecule has 0 aromatic heterocycles. The van der Waals surface area contributed by atoms with Crippen LogP contribution in [0.1, 0.15) is 78.6 Å². The van der Waals surface area contributed by atoms with Gasteiger partial charge in [-0.1, -0.05) is 6.92 Å². The van der Waals surface area contributed by atoms with Crippen LogP contribution in [0.3, 0.4) is 0 Å². The lowest BCUT2D eigenvalue weighted by Crippen LogP contribution is -2.62. The average molecular weight is 348 g/mol. The molecule has 0 radical (unpaired) electrons. The van der Waals surface area contributed by atoms with Crippen molar-refractivity contribution in [1.82, 2.24) is 0 Å². The van der Waals surface area contributed by atoms with Gasteiger partial charge in [0.1, 0.15) is 11.9 Å². The molecule has 0 amide bonds. The Labute approximate surface area is 150 Å². The van der Waals surface area contributed by atoms with Crippen LogP contribution in [0.5, 0.6) is 0 Å². The van der Waals surface area contributed by atoms with Gasteiger partial charge in [0.2, 0.25) is 0 Å². The van der Waals surface area contributed by atoms with Crippen molar-refractivity contribution in [2.45, 2.75) is 90.3 Å². The second-order valence-electron chi connectivity index (χ2n) is 9.72. The number of carbonyl (C=O) groups is 2. The fourth-order valence-corrected chi connectivity index (χ4v) is 7.29. The average Bonchev–Trinajstić information content (AvgIpc) is 2.79. The van der Waals surface area contributed by atoms with E-state index >= 15 is 0 Å². The number of rotatable bonds is 1. The third kappa shape index (κ3) is 2.28. The van der Waals surface area contributed by atoms with E-state index in [2.05, 4.69) is 6.92 Å². The van der Waals surface area contributed by atoms with E-state index in [0.29, 0.717) is 24.7 Å². The number of aliphatic hydroxyl groups is 1. The number of hydrogen-bond acceptors (Lipinski definition) is 4. The zero-order valence-electron chi connectivity index (χ0n) is 15.8. The Bertz CT molecular complexity index is 601. The van der Waals surface area contributed by atoms with Gasteiger partial charge in [-0.3, -0.25) is 9.59 Å². The van der Waals surface area contributed by atoms with Gasteiger partial charge in [-0.2, -0.15) is 0 Å². The Balaban J connectivity index is 1.59. The molecule has 0 aliphatic heterocycles. The number of carbonyl (C=O) groups excluding carboxylic acids is 2. The summed E-state index contributed by atoms with van der Waals surface area (Å²) in [7, 11) is 0. The number of ketones is 1. The standard InChI is InChI=1S/C21H32O4/c1-13(22)25-15-6-9-19(2)14(12-15)4-5-17-16(19)7-10-20(3)18(23)8-11-21(17,20)24/h14-17,24H,4-12H2,1-3H3/t14-,15-,16-,17+,19-,20+,21+/m0/s1. The SMILES string of the molecule is CC(=O)O[C@H]1CC[C@@]2(C)[C@@H](CC[C@@H]3[C@@H]2CC[C@]2(C)C(=O)CC[C@@]32O)C1. The summed E-state index contributed by atoms with van der Waals surface area (Å²) in [6.45, 7) is 5.92. The maximum absolute atomic E-state index is 12.5. The van der Waals surface area contributed by atoms with Gasteiger partial charge >= 0.3 is 5.97 Å².